The number of sulfonamides is 1. The van der Waals surface area contributed by atoms with E-state index in [2.05, 4.69) is 0 Å². The highest BCUT2D eigenvalue weighted by Crippen LogP contribution is 2.35. The Balaban J connectivity index is 2.50. The highest BCUT2D eigenvalue weighted by Gasteiger charge is 2.33. The standard InChI is InChI=1S/C14H19Cl2NO3S/c1-4-11-8-17(5-6-20-11)21(18,19)14-10(3)12(15)7-9(2)13(14)16/h7,11H,4-6,8H2,1-3H3/t11-/m0/s1. The Hall–Kier alpha value is -0.330. The van der Waals surface area contributed by atoms with Crippen molar-refractivity contribution < 1.29 is 13.2 Å². The maximum Gasteiger partial charge on any atom is 0.245 e. The molecule has 0 bridgehead atoms. The zero-order valence-electron chi connectivity index (χ0n) is 12.3. The molecule has 1 aromatic rings. The molecule has 0 unspecified atom stereocenters. The van der Waals surface area contributed by atoms with Crippen LogP contribution in [0.2, 0.25) is 10.0 Å². The Kier molecular flexibility index (Phi) is 5.21. The van der Waals surface area contributed by atoms with E-state index < -0.39 is 10.0 Å². The summed E-state index contributed by atoms with van der Waals surface area (Å²) in [6, 6.07) is 1.69. The summed E-state index contributed by atoms with van der Waals surface area (Å²) in [7, 11) is -3.67. The molecule has 1 fully saturated rings. The molecule has 1 aliphatic rings. The molecule has 2 rings (SSSR count). The topological polar surface area (TPSA) is 46.6 Å². The van der Waals surface area contributed by atoms with Crippen LogP contribution in [0.3, 0.4) is 0 Å². The van der Waals surface area contributed by atoms with Gasteiger partial charge in [-0.05, 0) is 37.5 Å². The van der Waals surface area contributed by atoms with Crippen LogP contribution in [-0.2, 0) is 14.8 Å². The van der Waals surface area contributed by atoms with Crippen LogP contribution < -0.4 is 0 Å². The van der Waals surface area contributed by atoms with E-state index in [1.807, 2.05) is 6.92 Å². The van der Waals surface area contributed by atoms with E-state index in [0.717, 1.165) is 6.42 Å². The first kappa shape index (κ1) is 17.0. The molecular formula is C14H19Cl2NO3S. The summed E-state index contributed by atoms with van der Waals surface area (Å²) in [5.41, 5.74) is 1.15. The Morgan fingerprint density at radius 3 is 2.67 bits per heavy atom. The lowest BCUT2D eigenvalue weighted by molar-refractivity contribution is -0.00278. The number of rotatable bonds is 3. The van der Waals surface area contributed by atoms with Crippen LogP contribution in [-0.4, -0.2) is 38.5 Å². The zero-order chi connectivity index (χ0) is 15.8. The minimum Gasteiger partial charge on any atom is -0.375 e. The van der Waals surface area contributed by atoms with Gasteiger partial charge in [0.05, 0.1) is 17.7 Å². The van der Waals surface area contributed by atoms with Gasteiger partial charge in [0.25, 0.3) is 0 Å². The third-order valence-electron chi connectivity index (χ3n) is 3.74. The summed E-state index contributed by atoms with van der Waals surface area (Å²) in [6.07, 6.45) is 0.695. The quantitative estimate of drug-likeness (QED) is 0.838. The smallest absolute Gasteiger partial charge is 0.245 e. The van der Waals surface area contributed by atoms with Crippen molar-refractivity contribution in [2.45, 2.75) is 38.2 Å². The maximum absolute atomic E-state index is 12.9. The second-order valence-corrected chi connectivity index (χ2v) is 7.87. The van der Waals surface area contributed by atoms with Crippen LogP contribution in [0, 0.1) is 13.8 Å². The van der Waals surface area contributed by atoms with Gasteiger partial charge in [-0.2, -0.15) is 4.31 Å². The minimum absolute atomic E-state index is 0.0760. The van der Waals surface area contributed by atoms with Crippen molar-refractivity contribution in [3.8, 4) is 0 Å². The number of benzene rings is 1. The summed E-state index contributed by atoms with van der Waals surface area (Å²) in [5.74, 6) is 0. The highest BCUT2D eigenvalue weighted by molar-refractivity contribution is 7.89. The van der Waals surface area contributed by atoms with Crippen molar-refractivity contribution in [1.82, 2.24) is 4.31 Å². The fourth-order valence-corrected chi connectivity index (χ4v) is 5.03. The summed E-state index contributed by atoms with van der Waals surface area (Å²) in [6.45, 7) is 6.48. The second-order valence-electron chi connectivity index (χ2n) is 5.21. The lowest BCUT2D eigenvalue weighted by Crippen LogP contribution is -2.45. The lowest BCUT2D eigenvalue weighted by atomic mass is 10.2. The number of hydrogen-bond donors (Lipinski definition) is 0. The van der Waals surface area contributed by atoms with Gasteiger partial charge in [0.1, 0.15) is 4.90 Å². The van der Waals surface area contributed by atoms with Crippen LogP contribution in [0.25, 0.3) is 0 Å². The van der Waals surface area contributed by atoms with Gasteiger partial charge >= 0.3 is 0 Å². The van der Waals surface area contributed by atoms with E-state index in [0.29, 0.717) is 35.8 Å². The van der Waals surface area contributed by atoms with Gasteiger partial charge in [-0.15, -0.1) is 0 Å². The van der Waals surface area contributed by atoms with Crippen molar-refractivity contribution in [3.63, 3.8) is 0 Å². The van der Waals surface area contributed by atoms with Crippen molar-refractivity contribution in [1.29, 1.82) is 0 Å². The van der Waals surface area contributed by atoms with Gasteiger partial charge < -0.3 is 4.74 Å². The number of ether oxygens (including phenoxy) is 1. The highest BCUT2D eigenvalue weighted by atomic mass is 35.5. The SMILES string of the molecule is CC[C@H]1CN(S(=O)(=O)c2c(C)c(Cl)cc(C)c2Cl)CCO1. The molecule has 4 nitrogen and oxygen atoms in total. The first-order valence-electron chi connectivity index (χ1n) is 6.86. The Morgan fingerprint density at radius 1 is 1.38 bits per heavy atom. The van der Waals surface area contributed by atoms with Crippen LogP contribution in [0.5, 0.6) is 0 Å². The van der Waals surface area contributed by atoms with E-state index >= 15 is 0 Å². The first-order chi connectivity index (χ1) is 9.78. The molecular weight excluding hydrogens is 333 g/mol. The van der Waals surface area contributed by atoms with Gasteiger partial charge in [0, 0.05) is 18.1 Å². The van der Waals surface area contributed by atoms with E-state index in [4.69, 9.17) is 27.9 Å². The summed E-state index contributed by atoms with van der Waals surface area (Å²) < 4.78 is 32.8. The summed E-state index contributed by atoms with van der Waals surface area (Å²) in [4.78, 5) is 0.117. The van der Waals surface area contributed by atoms with E-state index in [1.54, 1.807) is 19.9 Å². The van der Waals surface area contributed by atoms with Gasteiger partial charge in [0.15, 0.2) is 0 Å². The molecule has 1 heterocycles. The molecule has 0 aliphatic carbocycles. The third-order valence-corrected chi connectivity index (χ3v) is 6.77. The fourth-order valence-electron chi connectivity index (χ4n) is 2.41. The Morgan fingerprint density at radius 2 is 2.05 bits per heavy atom. The largest absolute Gasteiger partial charge is 0.375 e. The van der Waals surface area contributed by atoms with Crippen molar-refractivity contribution >= 4 is 33.2 Å². The fraction of sp³-hybridized carbons (Fsp3) is 0.571. The minimum atomic E-state index is -3.67. The number of hydrogen-bond acceptors (Lipinski definition) is 3. The molecule has 1 saturated heterocycles. The van der Waals surface area contributed by atoms with Crippen molar-refractivity contribution in [2.75, 3.05) is 19.7 Å². The molecule has 0 N–H and O–H groups in total. The Labute approximate surface area is 136 Å². The van der Waals surface area contributed by atoms with Crippen LogP contribution in [0.1, 0.15) is 24.5 Å². The Bertz CT molecular complexity index is 620. The van der Waals surface area contributed by atoms with Gasteiger partial charge in [0.2, 0.25) is 10.0 Å². The van der Waals surface area contributed by atoms with Crippen molar-refractivity contribution in [2.24, 2.45) is 0 Å². The number of morpholine rings is 1. The van der Waals surface area contributed by atoms with Gasteiger partial charge in [-0.1, -0.05) is 30.1 Å². The summed E-state index contributed by atoms with van der Waals surface area (Å²) in [5, 5.41) is 0.659. The average Bonchev–Trinajstić information content (AvgIpc) is 2.45. The number of nitrogens with zero attached hydrogens (tertiary/aromatic N) is 1. The molecule has 7 heteroatoms. The monoisotopic (exact) mass is 351 g/mol. The second kappa shape index (κ2) is 6.42. The zero-order valence-corrected chi connectivity index (χ0v) is 14.6. The predicted octanol–water partition coefficient (Wildman–Crippen LogP) is 3.41. The lowest BCUT2D eigenvalue weighted by Gasteiger charge is -2.32. The van der Waals surface area contributed by atoms with Crippen LogP contribution >= 0.6 is 23.2 Å². The van der Waals surface area contributed by atoms with Gasteiger partial charge in [-0.3, -0.25) is 0 Å². The molecule has 1 aliphatic heterocycles. The predicted molar refractivity (Wildman–Crippen MR) is 84.7 cm³/mol. The molecule has 0 aromatic heterocycles. The molecule has 1 atom stereocenters. The average molecular weight is 352 g/mol. The molecule has 0 saturated carbocycles. The summed E-state index contributed by atoms with van der Waals surface area (Å²) >= 11 is 12.4. The number of aryl methyl sites for hydroxylation is 1. The van der Waals surface area contributed by atoms with Crippen LogP contribution in [0.4, 0.5) is 0 Å². The van der Waals surface area contributed by atoms with Crippen molar-refractivity contribution in [3.05, 3.63) is 27.2 Å². The third kappa shape index (κ3) is 3.22. The maximum atomic E-state index is 12.9. The molecule has 21 heavy (non-hydrogen) atoms. The van der Waals surface area contributed by atoms with E-state index in [9.17, 15) is 8.42 Å². The van der Waals surface area contributed by atoms with E-state index in [1.165, 1.54) is 4.31 Å². The van der Waals surface area contributed by atoms with Gasteiger partial charge in [-0.25, -0.2) is 8.42 Å². The van der Waals surface area contributed by atoms with Crippen LogP contribution in [0.15, 0.2) is 11.0 Å². The molecule has 0 amide bonds. The molecule has 1 aromatic carbocycles. The first-order valence-corrected chi connectivity index (χ1v) is 9.05. The molecule has 0 spiro atoms. The molecule has 0 radical (unpaired) electrons. The normalized spacial score (nSPS) is 20.7. The molecule has 118 valence electrons. The number of halogens is 2. The van der Waals surface area contributed by atoms with E-state index in [-0.39, 0.29) is 16.0 Å².